The smallest absolute Gasteiger partial charge is 0.333 e. The molecule has 1 aliphatic heterocycles. The van der Waals surface area contributed by atoms with Gasteiger partial charge in [-0.05, 0) is 31.0 Å². The molecular formula is C18H18F2N6O2. The summed E-state index contributed by atoms with van der Waals surface area (Å²) in [5.41, 5.74) is 0.517. The number of aromatic nitrogens is 5. The first-order valence-corrected chi connectivity index (χ1v) is 8.82. The van der Waals surface area contributed by atoms with Gasteiger partial charge in [-0.25, -0.2) is 9.67 Å². The minimum atomic E-state index is -2.73. The van der Waals surface area contributed by atoms with Crippen LogP contribution in [0.3, 0.4) is 0 Å². The number of rotatable bonds is 6. The molecule has 0 atom stereocenters. The molecule has 4 rings (SSSR count). The normalized spacial score (nSPS) is 15.0. The van der Waals surface area contributed by atoms with E-state index in [0.717, 1.165) is 0 Å². The van der Waals surface area contributed by atoms with E-state index in [1.165, 1.54) is 6.20 Å². The van der Waals surface area contributed by atoms with Crippen molar-refractivity contribution in [2.45, 2.75) is 25.3 Å². The number of halogens is 2. The average molecular weight is 388 g/mol. The van der Waals surface area contributed by atoms with E-state index in [2.05, 4.69) is 25.6 Å². The van der Waals surface area contributed by atoms with E-state index in [0.29, 0.717) is 59.6 Å². The Morgan fingerprint density at radius 3 is 2.79 bits per heavy atom. The molecule has 4 heterocycles. The Balaban J connectivity index is 1.57. The van der Waals surface area contributed by atoms with Gasteiger partial charge in [0.1, 0.15) is 17.3 Å². The zero-order valence-corrected chi connectivity index (χ0v) is 14.8. The fourth-order valence-electron chi connectivity index (χ4n) is 2.99. The van der Waals surface area contributed by atoms with Crippen LogP contribution in [0.15, 0.2) is 42.9 Å². The van der Waals surface area contributed by atoms with Crippen molar-refractivity contribution in [3.05, 3.63) is 48.5 Å². The minimum Gasteiger partial charge on any atom is -0.454 e. The van der Waals surface area contributed by atoms with Gasteiger partial charge in [0.25, 0.3) is 0 Å². The molecule has 8 nitrogen and oxygen atoms in total. The molecule has 0 radical (unpaired) electrons. The highest BCUT2D eigenvalue weighted by Gasteiger charge is 2.25. The van der Waals surface area contributed by atoms with Crippen LogP contribution >= 0.6 is 0 Å². The van der Waals surface area contributed by atoms with Crippen LogP contribution in [0.1, 0.15) is 31.0 Å². The van der Waals surface area contributed by atoms with E-state index in [9.17, 15) is 8.78 Å². The summed E-state index contributed by atoms with van der Waals surface area (Å²) >= 11 is 0. The molecule has 0 unspecified atom stereocenters. The molecule has 1 N–H and O–H groups in total. The molecule has 146 valence electrons. The number of nitrogens with one attached hydrogen (secondary N) is 1. The van der Waals surface area contributed by atoms with Gasteiger partial charge in [0.15, 0.2) is 11.6 Å². The second-order valence-corrected chi connectivity index (χ2v) is 6.24. The summed E-state index contributed by atoms with van der Waals surface area (Å²) in [4.78, 5) is 4.21. The molecule has 10 heteroatoms. The van der Waals surface area contributed by atoms with E-state index in [1.54, 1.807) is 36.7 Å². The summed E-state index contributed by atoms with van der Waals surface area (Å²) in [7, 11) is 0. The first-order valence-electron chi connectivity index (χ1n) is 8.82. The third kappa shape index (κ3) is 4.22. The van der Waals surface area contributed by atoms with Gasteiger partial charge in [-0.2, -0.15) is 19.0 Å². The van der Waals surface area contributed by atoms with Crippen molar-refractivity contribution in [2.24, 2.45) is 0 Å². The molecule has 0 bridgehead atoms. The van der Waals surface area contributed by atoms with Crippen molar-refractivity contribution < 1.29 is 18.3 Å². The Morgan fingerprint density at radius 2 is 2.04 bits per heavy atom. The summed E-state index contributed by atoms with van der Waals surface area (Å²) in [6.07, 6.45) is 5.78. The predicted molar refractivity (Wildman–Crippen MR) is 95.9 cm³/mol. The lowest BCUT2D eigenvalue weighted by molar-refractivity contribution is 0.0546. The van der Waals surface area contributed by atoms with Crippen LogP contribution in [0.2, 0.25) is 0 Å². The predicted octanol–water partition coefficient (Wildman–Crippen LogP) is 3.89. The van der Waals surface area contributed by atoms with Crippen LogP contribution in [0.25, 0.3) is 0 Å². The molecule has 1 aliphatic rings. The topological polar surface area (TPSA) is 87.0 Å². The van der Waals surface area contributed by atoms with Crippen molar-refractivity contribution in [1.82, 2.24) is 25.0 Å². The number of ether oxygens (including phenoxy) is 2. The second kappa shape index (κ2) is 8.26. The molecule has 3 aromatic heterocycles. The fourth-order valence-corrected chi connectivity index (χ4v) is 2.99. The van der Waals surface area contributed by atoms with Crippen molar-refractivity contribution in [2.75, 3.05) is 18.5 Å². The maximum atomic E-state index is 13.2. The standard InChI is InChI=1S/C18H18F2N6O2/c19-18(20)26-11-14(17(25-26)12-4-8-27-9-5-12)28-13-3-7-21-16(10-13)23-15-2-1-6-22-24-15/h1-3,6-7,10-12,18H,4-5,8-9H2,(H,21,23,24). The third-order valence-electron chi connectivity index (χ3n) is 4.32. The van der Waals surface area contributed by atoms with E-state index in [1.807, 2.05) is 0 Å². The Bertz CT molecular complexity index is 915. The SMILES string of the molecule is FC(F)n1cc(Oc2ccnc(Nc3cccnn3)c2)c(C2CCOCC2)n1. The van der Waals surface area contributed by atoms with Crippen molar-refractivity contribution in [1.29, 1.82) is 0 Å². The van der Waals surface area contributed by atoms with Crippen LogP contribution < -0.4 is 10.1 Å². The summed E-state index contributed by atoms with van der Waals surface area (Å²) in [5, 5.41) is 14.8. The van der Waals surface area contributed by atoms with Crippen LogP contribution in [-0.4, -0.2) is 38.2 Å². The maximum Gasteiger partial charge on any atom is 0.333 e. The number of pyridine rings is 1. The zero-order chi connectivity index (χ0) is 19.3. The third-order valence-corrected chi connectivity index (χ3v) is 4.32. The monoisotopic (exact) mass is 388 g/mol. The maximum absolute atomic E-state index is 13.2. The number of alkyl halides is 2. The number of anilines is 2. The van der Waals surface area contributed by atoms with Gasteiger partial charge in [0.2, 0.25) is 0 Å². The minimum absolute atomic E-state index is 0.0165. The van der Waals surface area contributed by atoms with Crippen molar-refractivity contribution in [3.63, 3.8) is 0 Å². The Labute approximate surface area is 159 Å². The lowest BCUT2D eigenvalue weighted by Gasteiger charge is -2.21. The van der Waals surface area contributed by atoms with Crippen LogP contribution in [0.5, 0.6) is 11.5 Å². The average Bonchev–Trinajstić information content (AvgIpc) is 3.14. The molecule has 0 amide bonds. The van der Waals surface area contributed by atoms with E-state index >= 15 is 0 Å². The van der Waals surface area contributed by atoms with E-state index in [-0.39, 0.29) is 5.92 Å². The molecule has 1 fully saturated rings. The lowest BCUT2D eigenvalue weighted by Crippen LogP contribution is -2.15. The molecule has 0 aromatic carbocycles. The quantitative estimate of drug-likeness (QED) is 0.685. The highest BCUT2D eigenvalue weighted by molar-refractivity contribution is 5.53. The zero-order valence-electron chi connectivity index (χ0n) is 14.8. The van der Waals surface area contributed by atoms with Gasteiger partial charge >= 0.3 is 6.55 Å². The van der Waals surface area contributed by atoms with Crippen molar-refractivity contribution in [3.8, 4) is 11.5 Å². The summed E-state index contributed by atoms with van der Waals surface area (Å²) in [5.74, 6) is 1.79. The molecular weight excluding hydrogens is 370 g/mol. The summed E-state index contributed by atoms with van der Waals surface area (Å²) < 4.78 is 38.2. The van der Waals surface area contributed by atoms with Gasteiger partial charge in [-0.3, -0.25) is 0 Å². The first kappa shape index (κ1) is 18.2. The van der Waals surface area contributed by atoms with Gasteiger partial charge in [-0.15, -0.1) is 5.10 Å². The Morgan fingerprint density at radius 1 is 1.18 bits per heavy atom. The van der Waals surface area contributed by atoms with Gasteiger partial charge in [-0.1, -0.05) is 0 Å². The van der Waals surface area contributed by atoms with E-state index in [4.69, 9.17) is 9.47 Å². The fraction of sp³-hybridized carbons (Fsp3) is 0.333. The van der Waals surface area contributed by atoms with Gasteiger partial charge in [0.05, 0.1) is 6.20 Å². The molecule has 28 heavy (non-hydrogen) atoms. The van der Waals surface area contributed by atoms with Gasteiger partial charge in [0, 0.05) is 37.6 Å². The largest absolute Gasteiger partial charge is 0.454 e. The summed E-state index contributed by atoms with van der Waals surface area (Å²) in [6, 6.07) is 6.80. The van der Waals surface area contributed by atoms with Crippen LogP contribution in [-0.2, 0) is 4.74 Å². The molecule has 3 aromatic rings. The number of hydrogen-bond acceptors (Lipinski definition) is 7. The number of hydrogen-bond donors (Lipinski definition) is 1. The highest BCUT2D eigenvalue weighted by atomic mass is 19.3. The summed E-state index contributed by atoms with van der Waals surface area (Å²) in [6.45, 7) is -1.58. The second-order valence-electron chi connectivity index (χ2n) is 6.24. The van der Waals surface area contributed by atoms with Crippen molar-refractivity contribution >= 4 is 11.6 Å². The highest BCUT2D eigenvalue weighted by Crippen LogP contribution is 2.36. The molecule has 0 spiro atoms. The Hall–Kier alpha value is -3.14. The first-order chi connectivity index (χ1) is 13.7. The van der Waals surface area contributed by atoms with Gasteiger partial charge < -0.3 is 14.8 Å². The molecule has 1 saturated heterocycles. The van der Waals surface area contributed by atoms with E-state index < -0.39 is 6.55 Å². The van der Waals surface area contributed by atoms with Crippen LogP contribution in [0.4, 0.5) is 20.4 Å². The number of nitrogens with zero attached hydrogens (tertiary/aromatic N) is 5. The molecule has 0 aliphatic carbocycles. The molecule has 0 saturated carbocycles. The van der Waals surface area contributed by atoms with Crippen LogP contribution in [0, 0.1) is 0 Å². The lowest BCUT2D eigenvalue weighted by atomic mass is 9.96. The Kier molecular flexibility index (Phi) is 5.38.